The summed E-state index contributed by atoms with van der Waals surface area (Å²) in [5, 5.41) is 4.98. The third-order valence-electron chi connectivity index (χ3n) is 2.01. The van der Waals surface area contributed by atoms with E-state index < -0.39 is 0 Å². The van der Waals surface area contributed by atoms with Gasteiger partial charge in [0.05, 0.1) is 12.8 Å². The minimum Gasteiger partial charge on any atom is -0.469 e. The van der Waals surface area contributed by atoms with E-state index in [2.05, 4.69) is 21.6 Å². The SMILES string of the molecule is C=CC(=O)Nc1nc(CCCC(=O)OC)cs1. The minimum absolute atomic E-state index is 0.222. The predicted molar refractivity (Wildman–Crippen MR) is 65.9 cm³/mol. The van der Waals surface area contributed by atoms with Crippen molar-refractivity contribution < 1.29 is 14.3 Å². The number of hydrogen-bond donors (Lipinski definition) is 1. The van der Waals surface area contributed by atoms with Gasteiger partial charge in [-0.05, 0) is 18.9 Å². The Morgan fingerprint density at radius 1 is 1.65 bits per heavy atom. The Morgan fingerprint density at radius 3 is 3.06 bits per heavy atom. The number of methoxy groups -OCH3 is 1. The number of carbonyl (C=O) groups is 2. The molecule has 0 aliphatic heterocycles. The first-order valence-electron chi connectivity index (χ1n) is 5.10. The first kappa shape index (κ1) is 13.4. The lowest BCUT2D eigenvalue weighted by molar-refractivity contribution is -0.140. The summed E-state index contributed by atoms with van der Waals surface area (Å²) in [6, 6.07) is 0. The molecule has 0 aliphatic carbocycles. The van der Waals surface area contributed by atoms with Crippen molar-refractivity contribution in [1.29, 1.82) is 0 Å². The zero-order chi connectivity index (χ0) is 12.7. The summed E-state index contributed by atoms with van der Waals surface area (Å²) in [7, 11) is 1.37. The summed E-state index contributed by atoms with van der Waals surface area (Å²) in [6.45, 7) is 3.36. The first-order valence-corrected chi connectivity index (χ1v) is 5.98. The summed E-state index contributed by atoms with van der Waals surface area (Å²) < 4.78 is 4.54. The smallest absolute Gasteiger partial charge is 0.305 e. The quantitative estimate of drug-likeness (QED) is 0.620. The van der Waals surface area contributed by atoms with Crippen LogP contribution in [0.15, 0.2) is 18.0 Å². The maximum Gasteiger partial charge on any atom is 0.305 e. The van der Waals surface area contributed by atoms with E-state index in [4.69, 9.17) is 0 Å². The molecule has 0 fully saturated rings. The number of ether oxygens (including phenoxy) is 1. The number of amides is 1. The van der Waals surface area contributed by atoms with Crippen LogP contribution in [0.5, 0.6) is 0 Å². The van der Waals surface area contributed by atoms with Gasteiger partial charge in [0.2, 0.25) is 5.91 Å². The number of nitrogens with one attached hydrogen (secondary N) is 1. The summed E-state index contributed by atoms with van der Waals surface area (Å²) in [5.41, 5.74) is 0.860. The Hall–Kier alpha value is -1.69. The Bertz CT molecular complexity index is 415. The highest BCUT2D eigenvalue weighted by Crippen LogP contribution is 2.16. The molecular weight excluding hydrogens is 240 g/mol. The van der Waals surface area contributed by atoms with Gasteiger partial charge in [-0.15, -0.1) is 11.3 Å². The third kappa shape index (κ3) is 4.78. The van der Waals surface area contributed by atoms with Crippen LogP contribution in [0.4, 0.5) is 5.13 Å². The maximum absolute atomic E-state index is 11.0. The molecule has 17 heavy (non-hydrogen) atoms. The van der Waals surface area contributed by atoms with Gasteiger partial charge >= 0.3 is 5.97 Å². The Balaban J connectivity index is 2.38. The Morgan fingerprint density at radius 2 is 2.41 bits per heavy atom. The summed E-state index contributed by atoms with van der Waals surface area (Å²) in [5.74, 6) is -0.499. The first-order chi connectivity index (χ1) is 8.15. The highest BCUT2D eigenvalue weighted by atomic mass is 32.1. The van der Waals surface area contributed by atoms with Gasteiger partial charge in [0.1, 0.15) is 0 Å². The normalized spacial score (nSPS) is 9.71. The van der Waals surface area contributed by atoms with Crippen molar-refractivity contribution in [2.75, 3.05) is 12.4 Å². The second-order valence-corrected chi connectivity index (χ2v) is 4.13. The molecule has 1 aromatic heterocycles. The molecular formula is C11H14N2O3S. The fourth-order valence-electron chi connectivity index (χ4n) is 1.15. The van der Waals surface area contributed by atoms with Crippen molar-refractivity contribution in [3.8, 4) is 0 Å². The van der Waals surface area contributed by atoms with Crippen LogP contribution >= 0.6 is 11.3 Å². The zero-order valence-electron chi connectivity index (χ0n) is 9.56. The van der Waals surface area contributed by atoms with E-state index >= 15 is 0 Å². The van der Waals surface area contributed by atoms with E-state index in [1.165, 1.54) is 24.5 Å². The van der Waals surface area contributed by atoms with Crippen LogP contribution < -0.4 is 5.32 Å². The van der Waals surface area contributed by atoms with Gasteiger partial charge < -0.3 is 4.74 Å². The molecule has 1 rings (SSSR count). The second kappa shape index (κ2) is 6.80. The molecule has 1 N–H and O–H groups in total. The van der Waals surface area contributed by atoms with Gasteiger partial charge in [-0.25, -0.2) is 4.98 Å². The highest BCUT2D eigenvalue weighted by Gasteiger charge is 2.05. The predicted octanol–water partition coefficient (Wildman–Crippen LogP) is 1.76. The highest BCUT2D eigenvalue weighted by molar-refractivity contribution is 7.13. The van der Waals surface area contributed by atoms with Gasteiger partial charge in [-0.2, -0.15) is 0 Å². The van der Waals surface area contributed by atoms with Crippen molar-refractivity contribution in [2.45, 2.75) is 19.3 Å². The van der Waals surface area contributed by atoms with Crippen LogP contribution in [0.25, 0.3) is 0 Å². The second-order valence-electron chi connectivity index (χ2n) is 3.27. The Labute approximate surface area is 104 Å². The number of aryl methyl sites for hydroxylation is 1. The Kier molecular flexibility index (Phi) is 5.35. The molecule has 0 unspecified atom stereocenters. The molecule has 0 bridgehead atoms. The zero-order valence-corrected chi connectivity index (χ0v) is 10.4. The van der Waals surface area contributed by atoms with Crippen molar-refractivity contribution in [1.82, 2.24) is 4.98 Å². The molecule has 0 aromatic carbocycles. The van der Waals surface area contributed by atoms with E-state index in [1.54, 1.807) is 0 Å². The van der Waals surface area contributed by atoms with Crippen molar-refractivity contribution in [3.63, 3.8) is 0 Å². The van der Waals surface area contributed by atoms with Crippen molar-refractivity contribution in [3.05, 3.63) is 23.7 Å². The number of rotatable bonds is 6. The average molecular weight is 254 g/mol. The number of thiazole rings is 1. The number of hydrogen-bond acceptors (Lipinski definition) is 5. The number of esters is 1. The van der Waals surface area contributed by atoms with Gasteiger partial charge in [-0.3, -0.25) is 14.9 Å². The number of nitrogens with zero attached hydrogens (tertiary/aromatic N) is 1. The molecule has 0 aliphatic rings. The summed E-state index contributed by atoms with van der Waals surface area (Å²) in [6.07, 6.45) is 2.95. The minimum atomic E-state index is -0.277. The van der Waals surface area contributed by atoms with E-state index in [0.717, 1.165) is 5.69 Å². The van der Waals surface area contributed by atoms with Gasteiger partial charge in [0.25, 0.3) is 0 Å². The van der Waals surface area contributed by atoms with Crippen LogP contribution in [-0.4, -0.2) is 24.0 Å². The lowest BCUT2D eigenvalue weighted by Crippen LogP contribution is -2.07. The monoisotopic (exact) mass is 254 g/mol. The average Bonchev–Trinajstić information content (AvgIpc) is 2.76. The molecule has 1 amide bonds. The van der Waals surface area contributed by atoms with Crippen LogP contribution in [0.1, 0.15) is 18.5 Å². The standard InChI is InChI=1S/C11H14N2O3S/c1-3-9(14)13-11-12-8(7-17-11)5-4-6-10(15)16-2/h3,7H,1,4-6H2,2H3,(H,12,13,14). The fraction of sp³-hybridized carbons (Fsp3) is 0.364. The lowest BCUT2D eigenvalue weighted by atomic mass is 10.2. The molecule has 0 atom stereocenters. The summed E-state index contributed by atoms with van der Waals surface area (Å²) in [4.78, 5) is 26.1. The summed E-state index contributed by atoms with van der Waals surface area (Å²) >= 11 is 1.35. The molecule has 1 aromatic rings. The topological polar surface area (TPSA) is 68.3 Å². The largest absolute Gasteiger partial charge is 0.469 e. The van der Waals surface area contributed by atoms with Crippen LogP contribution in [0.3, 0.4) is 0 Å². The number of carbonyl (C=O) groups excluding carboxylic acids is 2. The molecule has 0 spiro atoms. The van der Waals surface area contributed by atoms with Crippen molar-refractivity contribution >= 4 is 28.3 Å². The number of anilines is 1. The molecule has 5 nitrogen and oxygen atoms in total. The van der Waals surface area contributed by atoms with E-state index in [9.17, 15) is 9.59 Å². The molecule has 0 saturated carbocycles. The van der Waals surface area contributed by atoms with Crippen LogP contribution in [0.2, 0.25) is 0 Å². The molecule has 1 heterocycles. The van der Waals surface area contributed by atoms with Crippen LogP contribution in [0, 0.1) is 0 Å². The maximum atomic E-state index is 11.0. The fourth-order valence-corrected chi connectivity index (χ4v) is 1.90. The molecule has 92 valence electrons. The van der Waals surface area contributed by atoms with E-state index in [1.807, 2.05) is 5.38 Å². The van der Waals surface area contributed by atoms with Gasteiger partial charge in [0, 0.05) is 11.8 Å². The van der Waals surface area contributed by atoms with Crippen molar-refractivity contribution in [2.24, 2.45) is 0 Å². The third-order valence-corrected chi connectivity index (χ3v) is 2.82. The van der Waals surface area contributed by atoms with Gasteiger partial charge in [-0.1, -0.05) is 6.58 Å². The molecule has 0 saturated heterocycles. The van der Waals surface area contributed by atoms with Crippen LogP contribution in [-0.2, 0) is 20.7 Å². The van der Waals surface area contributed by atoms with E-state index in [-0.39, 0.29) is 11.9 Å². The molecule has 0 radical (unpaired) electrons. The van der Waals surface area contributed by atoms with Gasteiger partial charge in [0.15, 0.2) is 5.13 Å². The van der Waals surface area contributed by atoms with E-state index in [0.29, 0.717) is 24.4 Å². The molecule has 6 heteroatoms. The lowest BCUT2D eigenvalue weighted by Gasteiger charge is -1.97. The number of aromatic nitrogens is 1.